The lowest BCUT2D eigenvalue weighted by atomic mass is 9.61. The van der Waals surface area contributed by atoms with Gasteiger partial charge in [0.15, 0.2) is 5.78 Å². The molecule has 5 rings (SSSR count). The van der Waals surface area contributed by atoms with Gasteiger partial charge in [0.2, 0.25) is 5.91 Å². The lowest BCUT2D eigenvalue weighted by Crippen LogP contribution is -2.58. The molecular formula is C26H38N4O4. The van der Waals surface area contributed by atoms with Crippen molar-refractivity contribution in [3.8, 4) is 0 Å². The Hall–Kier alpha value is -2.45. The summed E-state index contributed by atoms with van der Waals surface area (Å²) >= 11 is 0. The number of benzene rings is 1. The Labute approximate surface area is 201 Å². The number of aliphatic carboxylic acids is 1. The van der Waals surface area contributed by atoms with Gasteiger partial charge in [0.1, 0.15) is 0 Å². The first-order valence-corrected chi connectivity index (χ1v) is 12.7. The molecule has 6 atom stereocenters. The zero-order valence-corrected chi connectivity index (χ0v) is 20.0. The van der Waals surface area contributed by atoms with E-state index in [0.717, 1.165) is 48.6 Å². The number of aryl methyl sites for hydroxylation is 1. The fraction of sp³-hybridized carbons (Fsp3) is 0.654. The van der Waals surface area contributed by atoms with Crippen LogP contribution in [0, 0.1) is 23.7 Å². The van der Waals surface area contributed by atoms with Crippen molar-refractivity contribution in [2.24, 2.45) is 29.4 Å². The second kappa shape index (κ2) is 10.9. The Bertz CT molecular complexity index is 907. The quantitative estimate of drug-likeness (QED) is 0.522. The molecule has 186 valence electrons. The largest absolute Gasteiger partial charge is 0.481 e. The predicted molar refractivity (Wildman–Crippen MR) is 130 cm³/mol. The zero-order valence-electron chi connectivity index (χ0n) is 20.0. The molecular weight excluding hydrogens is 432 g/mol. The lowest BCUT2D eigenvalue weighted by Gasteiger charge is -2.51. The number of likely N-dealkylation sites (tertiary alicyclic amines) is 1. The van der Waals surface area contributed by atoms with Crippen molar-refractivity contribution in [1.82, 2.24) is 10.2 Å². The van der Waals surface area contributed by atoms with Gasteiger partial charge in [0, 0.05) is 32.1 Å². The van der Waals surface area contributed by atoms with Gasteiger partial charge in [0.05, 0.1) is 18.6 Å². The van der Waals surface area contributed by atoms with Crippen LogP contribution in [-0.2, 0) is 20.8 Å². The second-order valence-electron chi connectivity index (χ2n) is 10.3. The number of carbonyl (C=O) groups is 3. The summed E-state index contributed by atoms with van der Waals surface area (Å²) in [5.41, 5.74) is 8.16. The highest BCUT2D eigenvalue weighted by Crippen LogP contribution is 2.46. The van der Waals surface area contributed by atoms with E-state index in [1.54, 1.807) is 6.92 Å². The summed E-state index contributed by atoms with van der Waals surface area (Å²) < 4.78 is 0. The maximum Gasteiger partial charge on any atom is 0.305 e. The van der Waals surface area contributed by atoms with Crippen LogP contribution in [-0.4, -0.2) is 59.5 Å². The van der Waals surface area contributed by atoms with Crippen LogP contribution in [0.2, 0.25) is 0 Å². The standard InChI is InChI=1S/C14H25N3O.C12H13NO3/c1-9(18)17-7-5-11-10(8-17)2-3-13-12(11)4-6-16-14(13)15;14-11-6-5-8-3-1-2-4-9(8)13-10(11)7-12(15)16/h10-14,16H,2-8,15H2,1H3;1-4,10,13H,5-7H2,(H,15,16)/t10-,11?,12?,13-,14+;/m0./s1. The van der Waals surface area contributed by atoms with Crippen LogP contribution in [0.3, 0.4) is 0 Å². The number of ketones is 1. The van der Waals surface area contributed by atoms with Crippen molar-refractivity contribution >= 4 is 23.3 Å². The summed E-state index contributed by atoms with van der Waals surface area (Å²) in [7, 11) is 0. The summed E-state index contributed by atoms with van der Waals surface area (Å²) in [5, 5.41) is 15.2. The smallest absolute Gasteiger partial charge is 0.305 e. The first-order chi connectivity index (χ1) is 16.3. The monoisotopic (exact) mass is 470 g/mol. The Balaban J connectivity index is 0.000000162. The Morgan fingerprint density at radius 2 is 1.88 bits per heavy atom. The molecule has 1 saturated carbocycles. The maximum absolute atomic E-state index is 11.7. The Kier molecular flexibility index (Phi) is 7.88. The normalized spacial score (nSPS) is 32.5. The van der Waals surface area contributed by atoms with E-state index in [1.165, 1.54) is 25.7 Å². The number of nitrogens with two attached hydrogens (primary N) is 1. The van der Waals surface area contributed by atoms with Gasteiger partial charge in [-0.3, -0.25) is 14.4 Å². The summed E-state index contributed by atoms with van der Waals surface area (Å²) in [6, 6.07) is 7.03. The van der Waals surface area contributed by atoms with E-state index >= 15 is 0 Å². The third-order valence-corrected chi connectivity index (χ3v) is 8.28. The van der Waals surface area contributed by atoms with Crippen LogP contribution < -0.4 is 16.4 Å². The van der Waals surface area contributed by atoms with Crippen molar-refractivity contribution < 1.29 is 19.5 Å². The summed E-state index contributed by atoms with van der Waals surface area (Å²) in [6.07, 6.45) is 6.09. The summed E-state index contributed by atoms with van der Waals surface area (Å²) in [5.74, 6) is 2.28. The van der Waals surface area contributed by atoms with E-state index in [1.807, 2.05) is 29.2 Å². The van der Waals surface area contributed by atoms with Crippen LogP contribution in [0.15, 0.2) is 24.3 Å². The molecule has 3 heterocycles. The zero-order chi connectivity index (χ0) is 24.2. The number of para-hydroxylation sites is 1. The van der Waals surface area contributed by atoms with E-state index in [4.69, 9.17) is 10.8 Å². The van der Waals surface area contributed by atoms with Crippen LogP contribution in [0.5, 0.6) is 0 Å². The average molecular weight is 471 g/mol. The fourth-order valence-corrected chi connectivity index (χ4v) is 6.50. The molecule has 3 fully saturated rings. The molecule has 1 amide bonds. The number of anilines is 1. The molecule has 3 unspecified atom stereocenters. The summed E-state index contributed by atoms with van der Waals surface area (Å²) in [4.78, 5) is 35.9. The van der Waals surface area contributed by atoms with Crippen LogP contribution in [0.4, 0.5) is 5.69 Å². The van der Waals surface area contributed by atoms with Crippen molar-refractivity contribution in [3.05, 3.63) is 29.8 Å². The number of hydrogen-bond acceptors (Lipinski definition) is 6. The number of nitrogens with zero attached hydrogens (tertiary/aromatic N) is 1. The molecule has 1 aromatic rings. The highest BCUT2D eigenvalue weighted by Gasteiger charge is 2.45. The topological polar surface area (TPSA) is 125 Å². The molecule has 8 heteroatoms. The van der Waals surface area contributed by atoms with Gasteiger partial charge in [0.25, 0.3) is 0 Å². The number of carboxylic acid groups (broad SMARTS) is 1. The number of carbonyl (C=O) groups excluding carboxylic acids is 2. The second-order valence-corrected chi connectivity index (χ2v) is 10.3. The minimum Gasteiger partial charge on any atom is -0.481 e. The molecule has 2 saturated heterocycles. The molecule has 5 N–H and O–H groups in total. The molecule has 0 bridgehead atoms. The number of piperidine rings is 2. The Morgan fingerprint density at radius 3 is 2.65 bits per heavy atom. The molecule has 34 heavy (non-hydrogen) atoms. The van der Waals surface area contributed by atoms with Gasteiger partial charge in [-0.15, -0.1) is 0 Å². The molecule has 0 spiro atoms. The van der Waals surface area contributed by atoms with Crippen molar-refractivity contribution in [3.63, 3.8) is 0 Å². The average Bonchev–Trinajstić information content (AvgIpc) is 2.97. The van der Waals surface area contributed by atoms with Gasteiger partial charge in [-0.1, -0.05) is 18.2 Å². The molecule has 0 radical (unpaired) electrons. The number of nitrogens with one attached hydrogen (secondary N) is 2. The predicted octanol–water partition coefficient (Wildman–Crippen LogP) is 2.23. The van der Waals surface area contributed by atoms with E-state index in [9.17, 15) is 14.4 Å². The van der Waals surface area contributed by atoms with E-state index in [2.05, 4.69) is 10.6 Å². The first kappa shape index (κ1) is 24.7. The van der Waals surface area contributed by atoms with Crippen molar-refractivity contribution in [1.29, 1.82) is 0 Å². The lowest BCUT2D eigenvalue weighted by molar-refractivity contribution is -0.139. The van der Waals surface area contributed by atoms with Crippen LogP contribution >= 0.6 is 0 Å². The molecule has 0 aromatic heterocycles. The molecule has 1 aliphatic carbocycles. The van der Waals surface area contributed by atoms with Crippen molar-refractivity contribution in [2.45, 2.75) is 64.1 Å². The van der Waals surface area contributed by atoms with Crippen LogP contribution in [0.25, 0.3) is 0 Å². The number of rotatable bonds is 2. The van der Waals surface area contributed by atoms with Gasteiger partial charge in [-0.25, -0.2) is 0 Å². The fourth-order valence-electron chi connectivity index (χ4n) is 6.50. The minimum atomic E-state index is -0.953. The number of hydrogen-bond donors (Lipinski definition) is 4. The minimum absolute atomic E-state index is 0.0291. The molecule has 3 aliphatic heterocycles. The van der Waals surface area contributed by atoms with Gasteiger partial charge >= 0.3 is 5.97 Å². The third-order valence-electron chi connectivity index (χ3n) is 8.28. The van der Waals surface area contributed by atoms with Gasteiger partial charge < -0.3 is 26.4 Å². The SMILES string of the molecule is CC(=O)N1CCC2C3CCN[C@@H](N)[C@H]3CC[C@H]2C1.O=C(O)CC1Nc2ccccc2CCC1=O. The van der Waals surface area contributed by atoms with Crippen LogP contribution in [0.1, 0.15) is 51.0 Å². The van der Waals surface area contributed by atoms with E-state index in [0.29, 0.717) is 18.8 Å². The van der Waals surface area contributed by atoms with Crippen molar-refractivity contribution in [2.75, 3.05) is 25.0 Å². The number of fused-ring (bicyclic) bond motifs is 4. The molecule has 4 aliphatic rings. The molecule has 8 nitrogen and oxygen atoms in total. The number of carboxylic acids is 1. The Morgan fingerprint density at radius 1 is 1.09 bits per heavy atom. The summed E-state index contributed by atoms with van der Waals surface area (Å²) in [6.45, 7) is 4.72. The number of Topliss-reactive ketones (excluding diaryl/α,β-unsaturated/α-hetero) is 1. The number of amides is 1. The molecule has 1 aromatic carbocycles. The van der Waals surface area contributed by atoms with E-state index < -0.39 is 12.0 Å². The van der Waals surface area contributed by atoms with Gasteiger partial charge in [-0.2, -0.15) is 0 Å². The first-order valence-electron chi connectivity index (χ1n) is 12.7. The van der Waals surface area contributed by atoms with E-state index in [-0.39, 0.29) is 24.3 Å². The maximum atomic E-state index is 11.7. The highest BCUT2D eigenvalue weighted by atomic mass is 16.4. The highest BCUT2D eigenvalue weighted by molar-refractivity contribution is 5.91. The van der Waals surface area contributed by atoms with Gasteiger partial charge in [-0.05, 0) is 74.0 Å². The third kappa shape index (κ3) is 5.61.